The monoisotopic (exact) mass is 466 g/mol. The van der Waals surface area contributed by atoms with Crippen LogP contribution in [0.4, 0.5) is 4.39 Å². The van der Waals surface area contributed by atoms with Crippen LogP contribution >= 0.6 is 0 Å². The zero-order valence-corrected chi connectivity index (χ0v) is 19.3. The fourth-order valence-electron chi connectivity index (χ4n) is 4.30. The first-order chi connectivity index (χ1) is 16.5. The van der Waals surface area contributed by atoms with Gasteiger partial charge in [0.05, 0.1) is 32.6 Å². The number of esters is 2. The van der Waals surface area contributed by atoms with Gasteiger partial charge >= 0.3 is 11.9 Å². The molecule has 0 radical (unpaired) electrons. The molecule has 0 N–H and O–H groups in total. The summed E-state index contributed by atoms with van der Waals surface area (Å²) in [7, 11) is 2.46. The van der Waals surface area contributed by atoms with Crippen molar-refractivity contribution in [3.8, 4) is 16.9 Å². The maximum atomic E-state index is 14.2. The number of aromatic nitrogens is 2. The molecule has 1 heterocycles. The molecule has 0 bridgehead atoms. The standard InChI is InChI=1S/C26H27FN2O5/c1-32-25(30)22-23(28-29(24(22)26(31)33-2)19-9-5-3-6-10-19)21-14-13-18(27)15-17(21)16-34-20-11-7-4-8-12-20/h3,5-6,9-10,13-15,20H,4,7-8,11-12,16H2,1-2H3. The van der Waals surface area contributed by atoms with Crippen LogP contribution in [0, 0.1) is 5.82 Å². The van der Waals surface area contributed by atoms with Gasteiger partial charge in [0.1, 0.15) is 17.1 Å². The summed E-state index contributed by atoms with van der Waals surface area (Å²) < 4.78 is 31.6. The van der Waals surface area contributed by atoms with E-state index >= 15 is 0 Å². The fraction of sp³-hybridized carbons (Fsp3) is 0.346. The molecule has 0 spiro atoms. The molecule has 0 aliphatic heterocycles. The second-order valence-electron chi connectivity index (χ2n) is 8.18. The van der Waals surface area contributed by atoms with Crippen molar-refractivity contribution >= 4 is 11.9 Å². The third-order valence-corrected chi connectivity index (χ3v) is 6.00. The Hall–Kier alpha value is -3.52. The molecular formula is C26H27FN2O5. The quantitative estimate of drug-likeness (QED) is 0.451. The molecule has 8 heteroatoms. The number of ether oxygens (including phenoxy) is 3. The number of methoxy groups -OCH3 is 2. The lowest BCUT2D eigenvalue weighted by Crippen LogP contribution is -2.17. The average Bonchev–Trinajstić information content (AvgIpc) is 3.28. The lowest BCUT2D eigenvalue weighted by Gasteiger charge is -2.22. The highest BCUT2D eigenvalue weighted by atomic mass is 19.1. The van der Waals surface area contributed by atoms with Crippen molar-refractivity contribution in [2.75, 3.05) is 14.2 Å². The van der Waals surface area contributed by atoms with Crippen molar-refractivity contribution in [2.45, 2.75) is 44.8 Å². The van der Waals surface area contributed by atoms with E-state index in [-0.39, 0.29) is 29.7 Å². The van der Waals surface area contributed by atoms with E-state index in [1.807, 2.05) is 6.07 Å². The molecule has 7 nitrogen and oxygen atoms in total. The second-order valence-corrected chi connectivity index (χ2v) is 8.18. The molecule has 0 unspecified atom stereocenters. The van der Waals surface area contributed by atoms with Crippen molar-refractivity contribution in [2.24, 2.45) is 0 Å². The molecule has 0 amide bonds. The predicted molar refractivity (Wildman–Crippen MR) is 123 cm³/mol. The number of carbonyl (C=O) groups is 2. The van der Waals surface area contributed by atoms with Crippen LogP contribution < -0.4 is 0 Å². The molecule has 1 fully saturated rings. The summed E-state index contributed by atoms with van der Waals surface area (Å²) in [6.07, 6.45) is 5.45. The topological polar surface area (TPSA) is 79.7 Å². The summed E-state index contributed by atoms with van der Waals surface area (Å²) in [4.78, 5) is 25.7. The minimum absolute atomic E-state index is 0.0521. The number of carbonyl (C=O) groups excluding carboxylic acids is 2. The van der Waals surface area contributed by atoms with E-state index in [0.29, 0.717) is 16.8 Å². The Morgan fingerprint density at radius 3 is 2.38 bits per heavy atom. The first kappa shape index (κ1) is 23.6. The Labute approximate surface area is 197 Å². The number of para-hydroxylation sites is 1. The summed E-state index contributed by atoms with van der Waals surface area (Å²) in [5.41, 5.74) is 1.64. The Balaban J connectivity index is 1.86. The van der Waals surface area contributed by atoms with Gasteiger partial charge in [-0.15, -0.1) is 0 Å². The third-order valence-electron chi connectivity index (χ3n) is 6.00. The lowest BCUT2D eigenvalue weighted by atomic mass is 9.97. The molecule has 178 valence electrons. The predicted octanol–water partition coefficient (Wildman–Crippen LogP) is 5.10. The van der Waals surface area contributed by atoms with Gasteiger partial charge in [0, 0.05) is 5.56 Å². The van der Waals surface area contributed by atoms with Gasteiger partial charge in [-0.25, -0.2) is 18.7 Å². The van der Waals surface area contributed by atoms with Crippen LogP contribution in [0.15, 0.2) is 48.5 Å². The second kappa shape index (κ2) is 10.6. The van der Waals surface area contributed by atoms with Crippen LogP contribution in [0.25, 0.3) is 16.9 Å². The molecule has 0 atom stereocenters. The first-order valence-corrected chi connectivity index (χ1v) is 11.3. The number of nitrogens with zero attached hydrogens (tertiary/aromatic N) is 2. The van der Waals surface area contributed by atoms with Crippen LogP contribution in [-0.2, 0) is 20.8 Å². The molecule has 1 aliphatic rings. The van der Waals surface area contributed by atoms with Crippen LogP contribution in [-0.4, -0.2) is 42.0 Å². The van der Waals surface area contributed by atoms with Crippen molar-refractivity contribution in [1.82, 2.24) is 9.78 Å². The summed E-state index contributed by atoms with van der Waals surface area (Å²) in [5.74, 6) is -1.92. The highest BCUT2D eigenvalue weighted by Crippen LogP contribution is 2.33. The summed E-state index contributed by atoms with van der Waals surface area (Å²) in [5, 5.41) is 4.61. The Kier molecular flexibility index (Phi) is 7.37. The van der Waals surface area contributed by atoms with E-state index in [9.17, 15) is 14.0 Å². The first-order valence-electron chi connectivity index (χ1n) is 11.3. The minimum Gasteiger partial charge on any atom is -0.465 e. The Morgan fingerprint density at radius 2 is 1.71 bits per heavy atom. The van der Waals surface area contributed by atoms with Gasteiger partial charge in [0.15, 0.2) is 5.69 Å². The molecule has 3 aromatic rings. The zero-order valence-electron chi connectivity index (χ0n) is 19.3. The van der Waals surface area contributed by atoms with Gasteiger partial charge < -0.3 is 14.2 Å². The number of hydrogen-bond donors (Lipinski definition) is 0. The van der Waals surface area contributed by atoms with Crippen LogP contribution in [0.1, 0.15) is 58.5 Å². The number of hydrogen-bond acceptors (Lipinski definition) is 6. The van der Waals surface area contributed by atoms with Gasteiger partial charge in [0.25, 0.3) is 0 Å². The van der Waals surface area contributed by atoms with Gasteiger partial charge in [-0.1, -0.05) is 37.5 Å². The molecule has 2 aromatic carbocycles. The molecule has 4 rings (SSSR count). The average molecular weight is 467 g/mol. The number of halogens is 1. The largest absolute Gasteiger partial charge is 0.465 e. The van der Waals surface area contributed by atoms with Crippen LogP contribution in [0.5, 0.6) is 0 Å². The van der Waals surface area contributed by atoms with Gasteiger partial charge in [0.2, 0.25) is 0 Å². The molecular weight excluding hydrogens is 439 g/mol. The van der Waals surface area contributed by atoms with E-state index in [4.69, 9.17) is 14.2 Å². The Morgan fingerprint density at radius 1 is 1.00 bits per heavy atom. The summed E-state index contributed by atoms with van der Waals surface area (Å²) in [6, 6.07) is 13.1. The normalized spacial score (nSPS) is 14.1. The summed E-state index contributed by atoms with van der Waals surface area (Å²) in [6.45, 7) is 0.157. The number of rotatable bonds is 7. The third kappa shape index (κ3) is 4.87. The molecule has 1 saturated carbocycles. The van der Waals surface area contributed by atoms with E-state index < -0.39 is 17.8 Å². The minimum atomic E-state index is -0.749. The van der Waals surface area contributed by atoms with Crippen LogP contribution in [0.2, 0.25) is 0 Å². The van der Waals surface area contributed by atoms with Crippen molar-refractivity contribution < 1.29 is 28.2 Å². The zero-order chi connectivity index (χ0) is 24.1. The maximum Gasteiger partial charge on any atom is 0.357 e. The molecule has 34 heavy (non-hydrogen) atoms. The smallest absolute Gasteiger partial charge is 0.357 e. The van der Waals surface area contributed by atoms with E-state index in [1.165, 1.54) is 37.5 Å². The lowest BCUT2D eigenvalue weighted by molar-refractivity contribution is 0.0169. The van der Waals surface area contributed by atoms with E-state index in [1.54, 1.807) is 30.3 Å². The van der Waals surface area contributed by atoms with Gasteiger partial charge in [-0.05, 0) is 48.7 Å². The van der Waals surface area contributed by atoms with Crippen molar-refractivity contribution in [3.05, 3.63) is 71.2 Å². The molecule has 1 aliphatic carbocycles. The molecule has 0 saturated heterocycles. The SMILES string of the molecule is COC(=O)c1c(-c2ccc(F)cc2COC2CCCCC2)nn(-c2ccccc2)c1C(=O)OC. The van der Waals surface area contributed by atoms with Crippen molar-refractivity contribution in [3.63, 3.8) is 0 Å². The highest BCUT2D eigenvalue weighted by Gasteiger charge is 2.32. The number of benzene rings is 2. The van der Waals surface area contributed by atoms with Gasteiger partial charge in [-0.3, -0.25) is 0 Å². The molecule has 1 aromatic heterocycles. The van der Waals surface area contributed by atoms with Crippen molar-refractivity contribution in [1.29, 1.82) is 0 Å². The van der Waals surface area contributed by atoms with E-state index in [2.05, 4.69) is 5.10 Å². The highest BCUT2D eigenvalue weighted by molar-refractivity contribution is 6.07. The van der Waals surface area contributed by atoms with E-state index in [0.717, 1.165) is 25.7 Å². The fourth-order valence-corrected chi connectivity index (χ4v) is 4.30. The maximum absolute atomic E-state index is 14.2. The summed E-state index contributed by atoms with van der Waals surface area (Å²) >= 11 is 0. The van der Waals surface area contributed by atoms with Crippen LogP contribution in [0.3, 0.4) is 0 Å². The van der Waals surface area contributed by atoms with Gasteiger partial charge in [-0.2, -0.15) is 5.10 Å². The Bertz CT molecular complexity index is 1170.